The number of hydrogen-bond donors (Lipinski definition) is 0. The Morgan fingerprint density at radius 2 is 1.08 bits per heavy atom. The second-order valence-corrected chi connectivity index (χ2v) is 10.3. The number of hydrogen-bond acceptors (Lipinski definition) is 4. The summed E-state index contributed by atoms with van der Waals surface area (Å²) in [6, 6.07) is 10.6. The van der Waals surface area contributed by atoms with Crippen LogP contribution in [0.3, 0.4) is 0 Å². The highest BCUT2D eigenvalue weighted by Gasteiger charge is 2.28. The second kappa shape index (κ2) is 6.84. The topological polar surface area (TPSA) is 52.6 Å². The van der Waals surface area contributed by atoms with E-state index in [-0.39, 0.29) is 0 Å². The molecule has 0 amide bonds. The van der Waals surface area contributed by atoms with E-state index in [0.29, 0.717) is 22.3 Å². The van der Waals surface area contributed by atoms with Crippen molar-refractivity contribution in [1.82, 2.24) is 0 Å². The summed E-state index contributed by atoms with van der Waals surface area (Å²) < 4.78 is 9.38. The summed E-state index contributed by atoms with van der Waals surface area (Å²) in [6.45, 7) is 6.86. The molecule has 0 fully saturated rings. The van der Waals surface area contributed by atoms with Crippen LogP contribution in [0.1, 0.15) is 27.7 Å². The van der Waals surface area contributed by atoms with Crippen molar-refractivity contribution in [1.29, 1.82) is 0 Å². The van der Waals surface area contributed by atoms with Crippen molar-refractivity contribution in [2.24, 2.45) is 0 Å². The van der Waals surface area contributed by atoms with Gasteiger partial charge in [0.1, 0.15) is 20.1 Å². The van der Waals surface area contributed by atoms with E-state index >= 15 is 0 Å². The fraction of sp³-hybridized carbons (Fsp3) is 0.333. The van der Waals surface area contributed by atoms with Gasteiger partial charge in [-0.15, -0.1) is 0 Å². The molecule has 6 heteroatoms. The molecule has 0 aromatic heterocycles. The van der Waals surface area contributed by atoms with Crippen molar-refractivity contribution in [3.8, 4) is 11.5 Å². The van der Waals surface area contributed by atoms with Crippen molar-refractivity contribution in [2.45, 2.75) is 36.3 Å². The van der Waals surface area contributed by atoms with E-state index < -0.39 is 20.6 Å². The van der Waals surface area contributed by atoms with E-state index in [2.05, 4.69) is 31.9 Å². The van der Waals surface area contributed by atoms with E-state index in [1.807, 2.05) is 24.3 Å². The highest BCUT2D eigenvalue weighted by atomic mass is 79.9. The van der Waals surface area contributed by atoms with Crippen molar-refractivity contribution in [2.75, 3.05) is 0 Å². The average Bonchev–Trinajstić information content (AvgIpc) is 2.47. The minimum absolute atomic E-state index is 0.404. The molecule has 0 saturated carbocycles. The van der Waals surface area contributed by atoms with Crippen LogP contribution in [0.25, 0.3) is 10.8 Å². The lowest BCUT2D eigenvalue weighted by molar-refractivity contribution is -0.136. The summed E-state index contributed by atoms with van der Waals surface area (Å²) in [7, 11) is 0. The molecule has 0 radical (unpaired) electrons. The Morgan fingerprint density at radius 3 is 1.38 bits per heavy atom. The highest BCUT2D eigenvalue weighted by Crippen LogP contribution is 2.35. The van der Waals surface area contributed by atoms with Crippen LogP contribution in [0.4, 0.5) is 0 Å². The van der Waals surface area contributed by atoms with Gasteiger partial charge in [0.05, 0.1) is 0 Å². The Balaban J connectivity index is 2.44. The van der Waals surface area contributed by atoms with Gasteiger partial charge in [-0.05, 0) is 39.8 Å². The van der Waals surface area contributed by atoms with Gasteiger partial charge in [0.2, 0.25) is 0 Å². The minimum atomic E-state index is -0.792. The van der Waals surface area contributed by atoms with Gasteiger partial charge in [-0.2, -0.15) is 0 Å². The SMILES string of the molecule is CC(C)(Br)C(=O)Oc1ccc(OC(=O)C(C)(C)Br)c2ccccc12. The Kier molecular flexibility index (Phi) is 5.40. The monoisotopic (exact) mass is 456 g/mol. The Hall–Kier alpha value is -1.40. The average molecular weight is 458 g/mol. The van der Waals surface area contributed by atoms with Gasteiger partial charge < -0.3 is 9.47 Å². The fourth-order valence-electron chi connectivity index (χ4n) is 1.86. The van der Waals surface area contributed by atoms with E-state index in [4.69, 9.17) is 9.47 Å². The molecule has 0 bridgehead atoms. The molecule has 0 aliphatic carbocycles. The Labute approximate surface area is 157 Å². The molecule has 2 aromatic rings. The van der Waals surface area contributed by atoms with E-state index in [9.17, 15) is 9.59 Å². The molecular formula is C18H18Br2O4. The summed E-state index contributed by atoms with van der Waals surface area (Å²) in [5.41, 5.74) is 0. The number of alkyl halides is 2. The van der Waals surface area contributed by atoms with Gasteiger partial charge in [0, 0.05) is 10.8 Å². The number of esters is 2. The molecule has 2 rings (SSSR count). The number of fused-ring (bicyclic) bond motifs is 1. The van der Waals surface area contributed by atoms with Gasteiger partial charge in [-0.25, -0.2) is 0 Å². The zero-order chi connectivity index (χ0) is 18.1. The molecule has 24 heavy (non-hydrogen) atoms. The molecule has 2 aromatic carbocycles. The van der Waals surface area contributed by atoms with Crippen molar-refractivity contribution in [3.63, 3.8) is 0 Å². The molecule has 0 N–H and O–H groups in total. The maximum absolute atomic E-state index is 12.1. The number of halogens is 2. The Morgan fingerprint density at radius 1 is 0.750 bits per heavy atom. The third-order valence-electron chi connectivity index (χ3n) is 3.22. The molecule has 4 nitrogen and oxygen atoms in total. The van der Waals surface area contributed by atoms with Gasteiger partial charge in [0.15, 0.2) is 0 Å². The predicted octanol–water partition coefficient (Wildman–Crippen LogP) is 5.00. The quantitative estimate of drug-likeness (QED) is 0.368. The molecule has 0 unspecified atom stereocenters. The Bertz CT molecular complexity index is 719. The molecular weight excluding hydrogens is 440 g/mol. The zero-order valence-electron chi connectivity index (χ0n) is 13.9. The summed E-state index contributed by atoms with van der Waals surface area (Å²) in [6.07, 6.45) is 0. The molecule has 0 aliphatic rings. The maximum atomic E-state index is 12.1. The van der Waals surface area contributed by atoms with Gasteiger partial charge >= 0.3 is 11.9 Å². The first-order valence-electron chi connectivity index (χ1n) is 7.34. The second-order valence-electron chi connectivity index (χ2n) is 6.33. The standard InChI is InChI=1S/C18H18Br2O4/c1-17(2,19)15(21)23-13-9-10-14(24-16(22)18(3,4)20)12-8-6-5-7-11(12)13/h5-10H,1-4H3. The van der Waals surface area contributed by atoms with Crippen LogP contribution in [-0.4, -0.2) is 20.6 Å². The minimum Gasteiger partial charge on any atom is -0.425 e. The van der Waals surface area contributed by atoms with E-state index in [1.54, 1.807) is 39.8 Å². The zero-order valence-corrected chi connectivity index (χ0v) is 17.0. The van der Waals surface area contributed by atoms with Crippen LogP contribution in [0.5, 0.6) is 11.5 Å². The molecule has 128 valence electrons. The number of ether oxygens (including phenoxy) is 2. The lowest BCUT2D eigenvalue weighted by Crippen LogP contribution is -2.29. The molecule has 0 heterocycles. The normalized spacial score (nSPS) is 12.1. The van der Waals surface area contributed by atoms with Crippen molar-refractivity contribution in [3.05, 3.63) is 36.4 Å². The first-order chi connectivity index (χ1) is 11.0. The fourth-order valence-corrected chi connectivity index (χ4v) is 2.03. The maximum Gasteiger partial charge on any atom is 0.327 e. The number of benzene rings is 2. The first-order valence-corrected chi connectivity index (χ1v) is 8.93. The summed E-state index contributed by atoms with van der Waals surface area (Å²) >= 11 is 6.57. The van der Waals surface area contributed by atoms with Gasteiger partial charge in [-0.1, -0.05) is 56.1 Å². The number of rotatable bonds is 4. The third-order valence-corrected chi connectivity index (χ3v) is 3.87. The van der Waals surface area contributed by atoms with E-state index in [0.717, 1.165) is 0 Å². The van der Waals surface area contributed by atoms with Crippen LogP contribution < -0.4 is 9.47 Å². The first kappa shape index (κ1) is 18.9. The molecule has 0 aliphatic heterocycles. The summed E-state index contributed by atoms with van der Waals surface area (Å²) in [5, 5.41) is 1.39. The third kappa shape index (κ3) is 4.36. The lowest BCUT2D eigenvalue weighted by Gasteiger charge is -2.18. The predicted molar refractivity (Wildman–Crippen MR) is 101 cm³/mol. The van der Waals surface area contributed by atoms with Gasteiger partial charge in [0.25, 0.3) is 0 Å². The number of carbonyl (C=O) groups is 2. The summed E-state index contributed by atoms with van der Waals surface area (Å²) in [5.74, 6) is 0.0278. The smallest absolute Gasteiger partial charge is 0.327 e. The molecule has 0 spiro atoms. The molecule has 0 saturated heterocycles. The van der Waals surface area contributed by atoms with Crippen molar-refractivity contribution >= 4 is 54.6 Å². The molecule has 0 atom stereocenters. The van der Waals surface area contributed by atoms with Crippen LogP contribution in [0.15, 0.2) is 36.4 Å². The van der Waals surface area contributed by atoms with Crippen LogP contribution in [-0.2, 0) is 9.59 Å². The van der Waals surface area contributed by atoms with Crippen LogP contribution >= 0.6 is 31.9 Å². The van der Waals surface area contributed by atoms with Crippen molar-refractivity contribution < 1.29 is 19.1 Å². The van der Waals surface area contributed by atoms with Gasteiger partial charge in [-0.3, -0.25) is 9.59 Å². The lowest BCUT2D eigenvalue weighted by atomic mass is 10.1. The largest absolute Gasteiger partial charge is 0.425 e. The van der Waals surface area contributed by atoms with E-state index in [1.165, 1.54) is 0 Å². The number of carbonyl (C=O) groups excluding carboxylic acids is 2. The summed E-state index contributed by atoms with van der Waals surface area (Å²) in [4.78, 5) is 24.2. The van der Waals surface area contributed by atoms with Crippen LogP contribution in [0.2, 0.25) is 0 Å². The van der Waals surface area contributed by atoms with Crippen LogP contribution in [0, 0.1) is 0 Å². The highest BCUT2D eigenvalue weighted by molar-refractivity contribution is 9.10.